The molecule has 0 aromatic carbocycles. The lowest BCUT2D eigenvalue weighted by Gasteiger charge is -2.32. The van der Waals surface area contributed by atoms with Gasteiger partial charge in [-0.05, 0) is 31.9 Å². The Balaban J connectivity index is 1.69. The van der Waals surface area contributed by atoms with Gasteiger partial charge in [0.25, 0.3) is 5.91 Å². The van der Waals surface area contributed by atoms with Crippen molar-refractivity contribution >= 4 is 23.2 Å². The lowest BCUT2D eigenvalue weighted by Crippen LogP contribution is -2.48. The second kappa shape index (κ2) is 9.00. The molecule has 1 fully saturated rings. The first-order valence-electron chi connectivity index (χ1n) is 7.95. The summed E-state index contributed by atoms with van der Waals surface area (Å²) < 4.78 is 4.93. The van der Waals surface area contributed by atoms with Crippen LogP contribution in [-0.2, 0) is 9.53 Å². The smallest absolute Gasteiger partial charge is 0.261 e. The number of aryl methyl sites for hydroxylation is 1. The van der Waals surface area contributed by atoms with Crippen molar-refractivity contribution in [3.63, 3.8) is 0 Å². The minimum absolute atomic E-state index is 0.00545. The van der Waals surface area contributed by atoms with Crippen LogP contribution in [0.5, 0.6) is 0 Å². The molecule has 1 aliphatic heterocycles. The molecular formula is C16H25N3O3S. The third kappa shape index (κ3) is 5.60. The molecule has 0 bridgehead atoms. The van der Waals surface area contributed by atoms with Gasteiger partial charge >= 0.3 is 0 Å². The molecule has 1 aromatic heterocycles. The highest BCUT2D eigenvalue weighted by molar-refractivity contribution is 7.13. The van der Waals surface area contributed by atoms with E-state index in [2.05, 4.69) is 10.6 Å². The summed E-state index contributed by atoms with van der Waals surface area (Å²) in [5, 5.41) is 6.14. The van der Waals surface area contributed by atoms with Crippen molar-refractivity contribution in [2.75, 3.05) is 39.9 Å². The van der Waals surface area contributed by atoms with Gasteiger partial charge in [0.2, 0.25) is 5.91 Å². The quantitative estimate of drug-likeness (QED) is 0.728. The van der Waals surface area contributed by atoms with Crippen LogP contribution in [0.3, 0.4) is 0 Å². The van der Waals surface area contributed by atoms with E-state index in [9.17, 15) is 9.59 Å². The Bertz CT molecular complexity index is 524. The molecule has 0 radical (unpaired) electrons. The summed E-state index contributed by atoms with van der Waals surface area (Å²) >= 11 is 1.51. The first-order valence-corrected chi connectivity index (χ1v) is 8.76. The summed E-state index contributed by atoms with van der Waals surface area (Å²) in [6, 6.07) is 3.97. The predicted octanol–water partition coefficient (Wildman–Crippen LogP) is 1.01. The Morgan fingerprint density at radius 3 is 2.70 bits per heavy atom. The molecular weight excluding hydrogens is 314 g/mol. The summed E-state index contributed by atoms with van der Waals surface area (Å²) in [6.45, 7) is 5.00. The first kappa shape index (κ1) is 17.9. The largest absolute Gasteiger partial charge is 0.383 e. The van der Waals surface area contributed by atoms with Crippen molar-refractivity contribution in [2.24, 2.45) is 0 Å². The van der Waals surface area contributed by atoms with Crippen LogP contribution in [-0.4, -0.2) is 62.7 Å². The number of hydrogen-bond donors (Lipinski definition) is 2. The minimum atomic E-state index is -0.00545. The molecule has 0 unspecified atom stereocenters. The number of nitrogens with zero attached hydrogens (tertiary/aromatic N) is 1. The highest BCUT2D eigenvalue weighted by atomic mass is 32.1. The first-order chi connectivity index (χ1) is 11.1. The number of carbonyl (C=O) groups excluding carboxylic acids is 2. The van der Waals surface area contributed by atoms with Crippen molar-refractivity contribution in [1.29, 1.82) is 0 Å². The summed E-state index contributed by atoms with van der Waals surface area (Å²) in [7, 11) is 1.64. The highest BCUT2D eigenvalue weighted by Gasteiger charge is 2.24. The molecule has 7 heteroatoms. The SMILES string of the molecule is COCCNCC(=O)N1CCC(NC(=O)c2ccc(C)s2)CC1. The molecule has 128 valence electrons. The monoisotopic (exact) mass is 339 g/mol. The van der Waals surface area contributed by atoms with Crippen LogP contribution in [0.1, 0.15) is 27.4 Å². The van der Waals surface area contributed by atoms with Crippen LogP contribution in [0.25, 0.3) is 0 Å². The lowest BCUT2D eigenvalue weighted by molar-refractivity contribution is -0.131. The fraction of sp³-hybridized carbons (Fsp3) is 0.625. The van der Waals surface area contributed by atoms with Gasteiger partial charge in [0.05, 0.1) is 18.0 Å². The van der Waals surface area contributed by atoms with E-state index in [1.807, 2.05) is 24.0 Å². The summed E-state index contributed by atoms with van der Waals surface area (Å²) in [6.07, 6.45) is 1.61. The Morgan fingerprint density at radius 2 is 2.09 bits per heavy atom. The fourth-order valence-electron chi connectivity index (χ4n) is 2.57. The molecule has 2 rings (SSSR count). The molecule has 6 nitrogen and oxygen atoms in total. The van der Waals surface area contributed by atoms with E-state index in [0.717, 1.165) is 22.6 Å². The van der Waals surface area contributed by atoms with Gasteiger partial charge in [-0.2, -0.15) is 0 Å². The van der Waals surface area contributed by atoms with Crippen LogP contribution < -0.4 is 10.6 Å². The maximum absolute atomic E-state index is 12.1. The van der Waals surface area contributed by atoms with E-state index in [1.54, 1.807) is 7.11 Å². The average Bonchev–Trinajstić information content (AvgIpc) is 2.99. The molecule has 1 aliphatic rings. The number of piperidine rings is 1. The van der Waals surface area contributed by atoms with Gasteiger partial charge in [-0.3, -0.25) is 9.59 Å². The predicted molar refractivity (Wildman–Crippen MR) is 90.9 cm³/mol. The van der Waals surface area contributed by atoms with Crippen LogP contribution in [0.4, 0.5) is 0 Å². The van der Waals surface area contributed by atoms with Crippen molar-refractivity contribution in [1.82, 2.24) is 15.5 Å². The van der Waals surface area contributed by atoms with Crippen LogP contribution >= 0.6 is 11.3 Å². The number of nitrogens with one attached hydrogen (secondary N) is 2. The third-order valence-corrected chi connectivity index (χ3v) is 4.91. The number of rotatable bonds is 7. The van der Waals surface area contributed by atoms with Crippen molar-refractivity contribution < 1.29 is 14.3 Å². The number of methoxy groups -OCH3 is 1. The van der Waals surface area contributed by atoms with Crippen molar-refractivity contribution in [2.45, 2.75) is 25.8 Å². The van der Waals surface area contributed by atoms with Gasteiger partial charge in [-0.25, -0.2) is 0 Å². The Morgan fingerprint density at radius 1 is 1.35 bits per heavy atom. The average molecular weight is 339 g/mol. The summed E-state index contributed by atoms with van der Waals surface area (Å²) in [4.78, 5) is 27.9. The Kier molecular flexibility index (Phi) is 7.01. The van der Waals surface area contributed by atoms with Crippen molar-refractivity contribution in [3.05, 3.63) is 21.9 Å². The highest BCUT2D eigenvalue weighted by Crippen LogP contribution is 2.16. The van der Waals surface area contributed by atoms with E-state index in [0.29, 0.717) is 32.8 Å². The number of likely N-dealkylation sites (tertiary alicyclic amines) is 1. The van der Waals surface area contributed by atoms with Crippen molar-refractivity contribution in [3.8, 4) is 0 Å². The third-order valence-electron chi connectivity index (χ3n) is 3.91. The molecule has 0 atom stereocenters. The molecule has 0 saturated carbocycles. The van der Waals surface area contributed by atoms with Gasteiger partial charge in [0.1, 0.15) is 0 Å². The van der Waals surface area contributed by atoms with E-state index >= 15 is 0 Å². The van der Waals surface area contributed by atoms with Gasteiger partial charge in [-0.15, -0.1) is 11.3 Å². The minimum Gasteiger partial charge on any atom is -0.383 e. The molecule has 0 spiro atoms. The summed E-state index contributed by atoms with van der Waals surface area (Å²) in [5.41, 5.74) is 0. The topological polar surface area (TPSA) is 70.7 Å². The second-order valence-corrected chi connectivity index (χ2v) is 7.00. The normalized spacial score (nSPS) is 15.7. The second-order valence-electron chi connectivity index (χ2n) is 5.71. The zero-order valence-corrected chi connectivity index (χ0v) is 14.6. The maximum Gasteiger partial charge on any atom is 0.261 e. The Hall–Kier alpha value is -1.44. The zero-order valence-electron chi connectivity index (χ0n) is 13.8. The number of carbonyl (C=O) groups is 2. The molecule has 1 aromatic rings. The van der Waals surface area contributed by atoms with Crippen LogP contribution in [0, 0.1) is 6.92 Å². The molecule has 2 N–H and O–H groups in total. The summed E-state index contributed by atoms with van der Waals surface area (Å²) in [5.74, 6) is 0.105. The lowest BCUT2D eigenvalue weighted by atomic mass is 10.0. The van der Waals surface area contributed by atoms with Gasteiger partial charge in [-0.1, -0.05) is 0 Å². The number of ether oxygens (including phenoxy) is 1. The molecule has 1 saturated heterocycles. The number of hydrogen-bond acceptors (Lipinski definition) is 5. The van der Waals surface area contributed by atoms with E-state index in [1.165, 1.54) is 11.3 Å². The molecule has 2 amide bonds. The standard InChI is InChI=1S/C16H25N3O3S/c1-12-3-4-14(23-12)16(21)18-13-5-8-19(9-6-13)15(20)11-17-7-10-22-2/h3-4,13,17H,5-11H2,1-2H3,(H,18,21). The van der Waals surface area contributed by atoms with E-state index in [-0.39, 0.29) is 17.9 Å². The molecule has 0 aliphatic carbocycles. The number of thiophene rings is 1. The molecule has 2 heterocycles. The van der Waals surface area contributed by atoms with Gasteiger partial charge < -0.3 is 20.3 Å². The van der Waals surface area contributed by atoms with Crippen LogP contribution in [0.15, 0.2) is 12.1 Å². The zero-order chi connectivity index (χ0) is 16.7. The van der Waals surface area contributed by atoms with E-state index < -0.39 is 0 Å². The van der Waals surface area contributed by atoms with Gasteiger partial charge in [0.15, 0.2) is 0 Å². The Labute approximate surface area is 141 Å². The van der Waals surface area contributed by atoms with Crippen LogP contribution in [0.2, 0.25) is 0 Å². The van der Waals surface area contributed by atoms with E-state index in [4.69, 9.17) is 4.74 Å². The molecule has 23 heavy (non-hydrogen) atoms. The number of amides is 2. The fourth-order valence-corrected chi connectivity index (χ4v) is 3.34. The maximum atomic E-state index is 12.1. The van der Waals surface area contributed by atoms with Gasteiger partial charge in [0, 0.05) is 37.7 Å².